The topological polar surface area (TPSA) is 158 Å². The normalized spacial score (nSPS) is 8.22. The molecule has 0 saturated heterocycles. The molecule has 15 heteroatoms. The van der Waals surface area contributed by atoms with Crippen LogP contribution >= 0.6 is 0 Å². The van der Waals surface area contributed by atoms with E-state index in [1.54, 1.807) is 0 Å². The van der Waals surface area contributed by atoms with Crippen LogP contribution in [0.3, 0.4) is 0 Å². The van der Waals surface area contributed by atoms with Crippen molar-refractivity contribution in [3.63, 3.8) is 0 Å². The first-order valence-electron chi connectivity index (χ1n) is 6.86. The summed E-state index contributed by atoms with van der Waals surface area (Å²) in [4.78, 5) is 62.5. The summed E-state index contributed by atoms with van der Waals surface area (Å²) in [5.41, 5.74) is 0. The van der Waals surface area contributed by atoms with Gasteiger partial charge in [-0.1, -0.05) is 0 Å². The van der Waals surface area contributed by atoms with Crippen molar-refractivity contribution >= 4 is 80.0 Å². The quantitative estimate of drug-likeness (QED) is 0.485. The van der Waals surface area contributed by atoms with Gasteiger partial charge in [0.1, 0.15) is 0 Å². The Labute approximate surface area is 178 Å². The molecule has 0 fully saturated rings. The number of hydrogen-bond donors (Lipinski definition) is 0. The molecule has 0 rings (SSSR count). The van der Waals surface area contributed by atoms with E-state index in [-0.39, 0.29) is 29.6 Å². The predicted octanol–water partition coefficient (Wildman–Crippen LogP) is -1.33. The molecular formula is C12H19B2NaO12. The molecule has 0 bridgehead atoms. The summed E-state index contributed by atoms with van der Waals surface area (Å²) >= 11 is 0. The summed E-state index contributed by atoms with van der Waals surface area (Å²) in [6, 6.07) is 0. The van der Waals surface area contributed by atoms with Gasteiger partial charge < -0.3 is 27.9 Å². The monoisotopic (exact) mass is 400 g/mol. The van der Waals surface area contributed by atoms with Crippen molar-refractivity contribution in [1.29, 1.82) is 0 Å². The van der Waals surface area contributed by atoms with Gasteiger partial charge in [0.15, 0.2) is 0 Å². The zero-order valence-corrected chi connectivity index (χ0v) is 15.1. The standard InChI is InChI=1S/2C6H9BO6.Na.H/c2*1-4(8)11-7(12-5(2)9)13-6(3)10;;/h2*1-3H3;;. The number of rotatable bonds is 6. The van der Waals surface area contributed by atoms with Crippen molar-refractivity contribution in [3.8, 4) is 0 Å². The van der Waals surface area contributed by atoms with Crippen molar-refractivity contribution in [2.75, 3.05) is 0 Å². The number of carbonyl (C=O) groups excluding carboxylic acids is 6. The minimum atomic E-state index is -1.59. The molecular weight excluding hydrogens is 381 g/mol. The van der Waals surface area contributed by atoms with E-state index in [0.717, 1.165) is 41.5 Å². The van der Waals surface area contributed by atoms with Gasteiger partial charge in [-0.3, -0.25) is 28.8 Å². The van der Waals surface area contributed by atoms with Crippen LogP contribution in [0.5, 0.6) is 0 Å². The molecule has 0 N–H and O–H groups in total. The molecule has 0 radical (unpaired) electrons. The van der Waals surface area contributed by atoms with E-state index < -0.39 is 50.5 Å². The van der Waals surface area contributed by atoms with E-state index in [9.17, 15) is 28.8 Å². The summed E-state index contributed by atoms with van der Waals surface area (Å²) in [7, 11) is -3.18. The van der Waals surface area contributed by atoms with Crippen molar-refractivity contribution in [2.24, 2.45) is 0 Å². The van der Waals surface area contributed by atoms with E-state index in [4.69, 9.17) is 0 Å². The van der Waals surface area contributed by atoms with E-state index in [1.165, 1.54) is 0 Å². The second kappa shape index (κ2) is 16.1. The third-order valence-electron chi connectivity index (χ3n) is 1.57. The van der Waals surface area contributed by atoms with Gasteiger partial charge in [0.2, 0.25) is 0 Å². The van der Waals surface area contributed by atoms with Crippen LogP contribution in [0, 0.1) is 0 Å². The zero-order valence-electron chi connectivity index (χ0n) is 15.1. The molecule has 0 aliphatic rings. The van der Waals surface area contributed by atoms with Gasteiger partial charge in [-0.05, 0) is 0 Å². The first-order valence-corrected chi connectivity index (χ1v) is 6.86. The Bertz CT molecular complexity index is 428. The van der Waals surface area contributed by atoms with Crippen LogP contribution in [0.1, 0.15) is 41.5 Å². The average molecular weight is 400 g/mol. The third-order valence-corrected chi connectivity index (χ3v) is 1.57. The predicted molar refractivity (Wildman–Crippen MR) is 89.3 cm³/mol. The Morgan fingerprint density at radius 2 is 0.519 bits per heavy atom. The third kappa shape index (κ3) is 23.9. The van der Waals surface area contributed by atoms with Crippen molar-refractivity contribution in [2.45, 2.75) is 41.5 Å². The molecule has 0 aliphatic heterocycles. The van der Waals surface area contributed by atoms with Gasteiger partial charge in [-0.2, -0.15) is 0 Å². The fourth-order valence-electron chi connectivity index (χ4n) is 0.957. The molecule has 27 heavy (non-hydrogen) atoms. The first kappa shape index (κ1) is 29.7. The SMILES string of the molecule is CC(=O)OB(OC(C)=O)OC(C)=O.CC(=O)OB(OC(C)=O)OC(C)=O.[NaH]. The summed E-state index contributed by atoms with van der Waals surface area (Å²) in [5, 5.41) is 0. The molecule has 0 aromatic rings. The molecule has 0 aliphatic carbocycles. The molecule has 0 aromatic heterocycles. The second-order valence-electron chi connectivity index (χ2n) is 4.23. The average Bonchev–Trinajstić information content (AvgIpc) is 2.33. The molecule has 0 aromatic carbocycles. The Hall–Kier alpha value is -2.05. The van der Waals surface area contributed by atoms with Crippen LogP contribution in [0.2, 0.25) is 0 Å². The molecule has 0 atom stereocenters. The number of carbonyl (C=O) groups is 6. The fraction of sp³-hybridized carbons (Fsp3) is 0.500. The van der Waals surface area contributed by atoms with Crippen LogP contribution in [0.25, 0.3) is 0 Å². The molecule has 12 nitrogen and oxygen atoms in total. The fourth-order valence-corrected chi connectivity index (χ4v) is 0.957. The van der Waals surface area contributed by atoms with E-state index in [1.807, 2.05) is 0 Å². The first-order chi connectivity index (χ1) is 11.8. The van der Waals surface area contributed by atoms with Crippen LogP contribution < -0.4 is 0 Å². The maximum absolute atomic E-state index is 10.4. The molecule has 146 valence electrons. The van der Waals surface area contributed by atoms with Crippen LogP contribution in [-0.2, 0) is 56.7 Å². The Morgan fingerprint density at radius 1 is 0.407 bits per heavy atom. The van der Waals surface area contributed by atoms with E-state index in [0.29, 0.717) is 0 Å². The van der Waals surface area contributed by atoms with Gasteiger partial charge in [-0.15, -0.1) is 0 Å². The van der Waals surface area contributed by atoms with Gasteiger partial charge in [-0.25, -0.2) is 0 Å². The molecule has 0 spiro atoms. The van der Waals surface area contributed by atoms with Gasteiger partial charge in [0, 0.05) is 41.5 Å². The Morgan fingerprint density at radius 3 is 0.593 bits per heavy atom. The van der Waals surface area contributed by atoms with E-state index >= 15 is 0 Å². The van der Waals surface area contributed by atoms with Crippen LogP contribution in [0.4, 0.5) is 0 Å². The van der Waals surface area contributed by atoms with Gasteiger partial charge in [0.05, 0.1) is 0 Å². The van der Waals surface area contributed by atoms with E-state index in [2.05, 4.69) is 27.9 Å². The molecule has 0 amide bonds. The second-order valence-corrected chi connectivity index (χ2v) is 4.23. The summed E-state index contributed by atoms with van der Waals surface area (Å²) in [6.07, 6.45) is 0. The molecule has 0 heterocycles. The van der Waals surface area contributed by atoms with Crippen molar-refractivity contribution < 1.29 is 56.7 Å². The summed E-state index contributed by atoms with van der Waals surface area (Å²) in [6.45, 7) is 6.58. The minimum absolute atomic E-state index is 0. The Kier molecular flexibility index (Phi) is 17.8. The van der Waals surface area contributed by atoms with Gasteiger partial charge >= 0.3 is 44.2 Å². The van der Waals surface area contributed by atoms with Gasteiger partial charge in [0.25, 0.3) is 35.8 Å². The zero-order chi connectivity index (χ0) is 20.9. The number of hydrogen-bond acceptors (Lipinski definition) is 12. The maximum atomic E-state index is 10.4. The summed E-state index contributed by atoms with van der Waals surface area (Å²) in [5.74, 6) is -4.29. The Balaban J connectivity index is -0.000000411. The van der Waals surface area contributed by atoms with Crippen LogP contribution in [0.15, 0.2) is 0 Å². The van der Waals surface area contributed by atoms with Crippen LogP contribution in [-0.4, -0.2) is 80.0 Å². The van der Waals surface area contributed by atoms with Crippen molar-refractivity contribution in [1.82, 2.24) is 0 Å². The molecule has 0 saturated carbocycles. The molecule has 0 unspecified atom stereocenters. The summed E-state index contributed by atoms with van der Waals surface area (Å²) < 4.78 is 26.1. The van der Waals surface area contributed by atoms with Crippen molar-refractivity contribution in [3.05, 3.63) is 0 Å².